The van der Waals surface area contributed by atoms with E-state index < -0.39 is 11.6 Å². The summed E-state index contributed by atoms with van der Waals surface area (Å²) >= 11 is 12.0. The summed E-state index contributed by atoms with van der Waals surface area (Å²) in [6.45, 7) is 0. The smallest absolute Gasteiger partial charge is 0.129 e. The molecule has 2 aromatic carbocycles. The number of hydrogen-bond acceptors (Lipinski definition) is 1. The lowest BCUT2D eigenvalue weighted by atomic mass is 9.98. The molecular formula is C15H13Cl2F2N. The molecule has 0 heterocycles. The monoisotopic (exact) mass is 315 g/mol. The van der Waals surface area contributed by atoms with Gasteiger partial charge < -0.3 is 5.32 Å². The lowest BCUT2D eigenvalue weighted by Gasteiger charge is -2.18. The molecular weight excluding hydrogens is 303 g/mol. The van der Waals surface area contributed by atoms with Gasteiger partial charge in [-0.1, -0.05) is 35.3 Å². The van der Waals surface area contributed by atoms with Gasteiger partial charge in [-0.15, -0.1) is 0 Å². The van der Waals surface area contributed by atoms with Crippen LogP contribution >= 0.6 is 23.2 Å². The summed E-state index contributed by atoms with van der Waals surface area (Å²) < 4.78 is 26.6. The van der Waals surface area contributed by atoms with Gasteiger partial charge in [-0.25, -0.2) is 8.78 Å². The fourth-order valence-electron chi connectivity index (χ4n) is 2.06. The maximum Gasteiger partial charge on any atom is 0.129 e. The van der Waals surface area contributed by atoms with E-state index in [-0.39, 0.29) is 6.04 Å². The van der Waals surface area contributed by atoms with Gasteiger partial charge in [-0.05, 0) is 42.8 Å². The summed E-state index contributed by atoms with van der Waals surface area (Å²) in [5, 5.41) is 4.14. The molecule has 0 aliphatic carbocycles. The van der Waals surface area contributed by atoms with Crippen LogP contribution in [0.25, 0.3) is 0 Å². The molecule has 0 aliphatic heterocycles. The highest BCUT2D eigenvalue weighted by molar-refractivity contribution is 6.35. The lowest BCUT2D eigenvalue weighted by molar-refractivity contribution is 0.541. The third kappa shape index (κ3) is 3.48. The minimum atomic E-state index is -0.586. The minimum Gasteiger partial charge on any atom is -0.313 e. The van der Waals surface area contributed by atoms with Crippen molar-refractivity contribution in [2.75, 3.05) is 7.05 Å². The van der Waals surface area contributed by atoms with E-state index in [0.717, 1.165) is 11.6 Å². The van der Waals surface area contributed by atoms with E-state index in [4.69, 9.17) is 23.2 Å². The summed E-state index contributed by atoms with van der Waals surface area (Å²) in [7, 11) is 1.76. The highest BCUT2D eigenvalue weighted by atomic mass is 35.5. The van der Waals surface area contributed by atoms with Crippen LogP contribution in [0.15, 0.2) is 36.4 Å². The van der Waals surface area contributed by atoms with Crippen LogP contribution in [0.1, 0.15) is 17.2 Å². The number of benzene rings is 2. The number of likely N-dealkylation sites (N-methyl/N-ethyl adjacent to an activating group) is 1. The first kappa shape index (κ1) is 15.2. The van der Waals surface area contributed by atoms with Crippen LogP contribution in [0.5, 0.6) is 0 Å². The molecule has 20 heavy (non-hydrogen) atoms. The SMILES string of the molecule is CNC(Cc1ccc(F)cc1F)c1ccc(Cl)cc1Cl. The first-order valence-electron chi connectivity index (χ1n) is 6.07. The van der Waals surface area contributed by atoms with E-state index in [2.05, 4.69) is 5.32 Å². The van der Waals surface area contributed by atoms with Crippen LogP contribution in [0.4, 0.5) is 8.78 Å². The van der Waals surface area contributed by atoms with Gasteiger partial charge in [0.15, 0.2) is 0 Å². The van der Waals surface area contributed by atoms with Gasteiger partial charge in [-0.3, -0.25) is 0 Å². The first-order chi connectivity index (χ1) is 9.51. The van der Waals surface area contributed by atoms with Crippen LogP contribution in [0.3, 0.4) is 0 Å². The van der Waals surface area contributed by atoms with Crippen molar-refractivity contribution >= 4 is 23.2 Å². The van der Waals surface area contributed by atoms with E-state index in [1.54, 1.807) is 25.2 Å². The van der Waals surface area contributed by atoms with Gasteiger partial charge in [-0.2, -0.15) is 0 Å². The summed E-state index contributed by atoms with van der Waals surface area (Å²) in [6, 6.07) is 8.56. The van der Waals surface area contributed by atoms with Crippen molar-refractivity contribution in [1.82, 2.24) is 5.32 Å². The molecule has 0 aromatic heterocycles. The third-order valence-electron chi connectivity index (χ3n) is 3.13. The molecule has 0 bridgehead atoms. The van der Waals surface area contributed by atoms with Crippen molar-refractivity contribution in [3.05, 3.63) is 69.2 Å². The van der Waals surface area contributed by atoms with E-state index in [9.17, 15) is 8.78 Å². The summed E-state index contributed by atoms with van der Waals surface area (Å²) in [6.07, 6.45) is 0.365. The summed E-state index contributed by atoms with van der Waals surface area (Å²) in [5.74, 6) is -1.15. The number of rotatable bonds is 4. The zero-order valence-electron chi connectivity index (χ0n) is 10.8. The molecule has 0 radical (unpaired) electrons. The Kier molecular flexibility index (Phi) is 4.97. The molecule has 1 nitrogen and oxygen atoms in total. The number of halogens is 4. The average molecular weight is 316 g/mol. The number of hydrogen-bond donors (Lipinski definition) is 1. The molecule has 106 valence electrons. The van der Waals surface area contributed by atoms with Crippen LogP contribution in [-0.2, 0) is 6.42 Å². The second-order valence-corrected chi connectivity index (χ2v) is 5.29. The molecule has 0 saturated heterocycles. The second-order valence-electron chi connectivity index (χ2n) is 4.45. The Hall–Kier alpha value is -1.16. The normalized spacial score (nSPS) is 12.4. The van der Waals surface area contributed by atoms with Gasteiger partial charge in [0.05, 0.1) is 0 Å². The third-order valence-corrected chi connectivity index (χ3v) is 3.69. The van der Waals surface area contributed by atoms with Gasteiger partial charge in [0.25, 0.3) is 0 Å². The van der Waals surface area contributed by atoms with E-state index in [1.165, 1.54) is 12.1 Å². The molecule has 0 saturated carbocycles. The summed E-state index contributed by atoms with van der Waals surface area (Å²) in [4.78, 5) is 0. The Morgan fingerprint density at radius 1 is 1.10 bits per heavy atom. The Labute approximate surface area is 126 Å². The predicted octanol–water partition coefficient (Wildman–Crippen LogP) is 4.77. The zero-order valence-corrected chi connectivity index (χ0v) is 12.3. The summed E-state index contributed by atoms with van der Waals surface area (Å²) in [5.41, 5.74) is 1.25. The molecule has 1 unspecified atom stereocenters. The van der Waals surface area contributed by atoms with E-state index >= 15 is 0 Å². The molecule has 2 rings (SSSR count). The van der Waals surface area contributed by atoms with Crippen molar-refractivity contribution in [2.45, 2.75) is 12.5 Å². The number of nitrogens with one attached hydrogen (secondary N) is 1. The van der Waals surface area contributed by atoms with Gasteiger partial charge >= 0.3 is 0 Å². The quantitative estimate of drug-likeness (QED) is 0.856. The standard InChI is InChI=1S/C15H13Cl2F2N/c1-20-15(12-5-3-10(16)7-13(12)17)6-9-2-4-11(18)8-14(9)19/h2-5,7-8,15,20H,6H2,1H3. The first-order valence-corrected chi connectivity index (χ1v) is 6.83. The lowest BCUT2D eigenvalue weighted by Crippen LogP contribution is -2.19. The van der Waals surface area contributed by atoms with Crippen molar-refractivity contribution in [1.29, 1.82) is 0 Å². The van der Waals surface area contributed by atoms with Gasteiger partial charge in [0.2, 0.25) is 0 Å². The zero-order chi connectivity index (χ0) is 14.7. The largest absolute Gasteiger partial charge is 0.313 e. The predicted molar refractivity (Wildman–Crippen MR) is 78.3 cm³/mol. The van der Waals surface area contributed by atoms with Crippen molar-refractivity contribution < 1.29 is 8.78 Å². The highest BCUT2D eigenvalue weighted by Crippen LogP contribution is 2.28. The molecule has 0 aliphatic rings. The van der Waals surface area contributed by atoms with Gasteiger partial charge in [0.1, 0.15) is 11.6 Å². The van der Waals surface area contributed by atoms with Crippen molar-refractivity contribution in [2.24, 2.45) is 0 Å². The van der Waals surface area contributed by atoms with Crippen molar-refractivity contribution in [3.8, 4) is 0 Å². The average Bonchev–Trinajstić information content (AvgIpc) is 2.39. The van der Waals surface area contributed by atoms with Crippen LogP contribution in [-0.4, -0.2) is 7.05 Å². The molecule has 0 amide bonds. The second kappa shape index (κ2) is 6.53. The van der Waals surface area contributed by atoms with E-state index in [1.807, 2.05) is 0 Å². The molecule has 0 fully saturated rings. The molecule has 2 aromatic rings. The topological polar surface area (TPSA) is 12.0 Å². The molecule has 5 heteroatoms. The van der Waals surface area contributed by atoms with E-state index in [0.29, 0.717) is 22.0 Å². The maximum atomic E-state index is 13.7. The highest BCUT2D eigenvalue weighted by Gasteiger charge is 2.16. The van der Waals surface area contributed by atoms with Gasteiger partial charge in [0, 0.05) is 22.2 Å². The Morgan fingerprint density at radius 2 is 1.85 bits per heavy atom. The van der Waals surface area contributed by atoms with Crippen LogP contribution in [0, 0.1) is 11.6 Å². The maximum absolute atomic E-state index is 13.7. The Bertz CT molecular complexity index is 617. The molecule has 1 N–H and O–H groups in total. The Balaban J connectivity index is 2.28. The fraction of sp³-hybridized carbons (Fsp3) is 0.200. The molecule has 0 spiro atoms. The Morgan fingerprint density at radius 3 is 2.45 bits per heavy atom. The minimum absolute atomic E-state index is 0.181. The molecule has 1 atom stereocenters. The van der Waals surface area contributed by atoms with Crippen LogP contribution < -0.4 is 5.32 Å². The van der Waals surface area contributed by atoms with Crippen molar-refractivity contribution in [3.63, 3.8) is 0 Å². The fourth-order valence-corrected chi connectivity index (χ4v) is 2.60. The van der Waals surface area contributed by atoms with Crippen LogP contribution in [0.2, 0.25) is 10.0 Å².